The summed E-state index contributed by atoms with van der Waals surface area (Å²) in [5.74, 6) is 0.487. The van der Waals surface area contributed by atoms with E-state index < -0.39 is 5.60 Å². The van der Waals surface area contributed by atoms with Crippen LogP contribution in [0.4, 0.5) is 0 Å². The Hall–Kier alpha value is -2.05. The van der Waals surface area contributed by atoms with Crippen molar-refractivity contribution < 1.29 is 9.84 Å². The monoisotopic (exact) mass is 241 g/mol. The molecule has 92 valence electrons. The van der Waals surface area contributed by atoms with E-state index in [0.717, 1.165) is 0 Å². The summed E-state index contributed by atoms with van der Waals surface area (Å²) in [6, 6.07) is 11.4. The molecule has 1 aromatic rings. The first-order valence-corrected chi connectivity index (χ1v) is 5.88. The smallest absolute Gasteiger partial charge is 0.124 e. The molecule has 18 heavy (non-hydrogen) atoms. The van der Waals surface area contributed by atoms with E-state index in [1.54, 1.807) is 12.2 Å². The molecule has 2 atom stereocenters. The lowest BCUT2D eigenvalue weighted by atomic mass is 9.82. The molecule has 0 aromatic heterocycles. The largest absolute Gasteiger partial charge is 0.490 e. The van der Waals surface area contributed by atoms with Gasteiger partial charge in [-0.2, -0.15) is 5.26 Å². The van der Waals surface area contributed by atoms with E-state index in [2.05, 4.69) is 6.07 Å². The van der Waals surface area contributed by atoms with Crippen molar-refractivity contribution in [1.82, 2.24) is 0 Å². The Labute approximate surface area is 107 Å². The number of nitrogens with zero attached hydrogens (tertiary/aromatic N) is 1. The number of nitriles is 1. The number of para-hydroxylation sites is 1. The Morgan fingerprint density at radius 2 is 2.06 bits per heavy atom. The van der Waals surface area contributed by atoms with Gasteiger partial charge in [-0.1, -0.05) is 36.4 Å². The highest BCUT2D eigenvalue weighted by Gasteiger charge is 2.34. The van der Waals surface area contributed by atoms with Gasteiger partial charge in [0.05, 0.1) is 6.07 Å². The van der Waals surface area contributed by atoms with Crippen LogP contribution in [0.2, 0.25) is 0 Å². The number of hydrogen-bond donors (Lipinski definition) is 1. The third-order valence-electron chi connectivity index (χ3n) is 3.01. The first kappa shape index (κ1) is 12.4. The van der Waals surface area contributed by atoms with Crippen LogP contribution < -0.4 is 4.74 Å². The molecule has 3 heteroatoms. The molecule has 0 aliphatic heterocycles. The van der Waals surface area contributed by atoms with Crippen molar-refractivity contribution in [3.8, 4) is 11.8 Å². The van der Waals surface area contributed by atoms with Gasteiger partial charge < -0.3 is 9.84 Å². The molecule has 1 aromatic carbocycles. The summed E-state index contributed by atoms with van der Waals surface area (Å²) in [6.45, 7) is 0.143. The fourth-order valence-electron chi connectivity index (χ4n) is 1.92. The molecule has 1 aliphatic carbocycles. The van der Waals surface area contributed by atoms with Gasteiger partial charge in [0.25, 0.3) is 0 Å². The highest BCUT2D eigenvalue weighted by molar-refractivity contribution is 5.25. The maximum absolute atomic E-state index is 10.5. The first-order valence-electron chi connectivity index (χ1n) is 5.88. The van der Waals surface area contributed by atoms with Crippen LogP contribution in [-0.4, -0.2) is 17.3 Å². The Balaban J connectivity index is 2.04. The van der Waals surface area contributed by atoms with E-state index in [-0.39, 0.29) is 18.9 Å². The second kappa shape index (κ2) is 5.52. The number of allylic oxidation sites excluding steroid dienone is 2. The predicted octanol–water partition coefficient (Wildman–Crippen LogP) is 2.45. The van der Waals surface area contributed by atoms with E-state index in [1.807, 2.05) is 42.5 Å². The van der Waals surface area contributed by atoms with Crippen LogP contribution in [0.5, 0.6) is 5.75 Å². The first-order chi connectivity index (χ1) is 8.74. The van der Waals surface area contributed by atoms with Crippen LogP contribution >= 0.6 is 0 Å². The minimum Gasteiger partial charge on any atom is -0.490 e. The highest BCUT2D eigenvalue weighted by atomic mass is 16.5. The maximum Gasteiger partial charge on any atom is 0.124 e. The fraction of sp³-hybridized carbons (Fsp3) is 0.267. The zero-order chi connectivity index (χ0) is 12.8. The van der Waals surface area contributed by atoms with E-state index in [1.165, 1.54) is 0 Å². The van der Waals surface area contributed by atoms with Gasteiger partial charge in [0.1, 0.15) is 18.0 Å². The number of hydrogen-bond acceptors (Lipinski definition) is 3. The molecule has 0 spiro atoms. The number of aliphatic hydroxyl groups is 1. The molecule has 2 unspecified atom stereocenters. The van der Waals surface area contributed by atoms with Crippen LogP contribution in [0.1, 0.15) is 6.42 Å². The van der Waals surface area contributed by atoms with E-state index in [4.69, 9.17) is 10.00 Å². The summed E-state index contributed by atoms with van der Waals surface area (Å²) in [6.07, 6.45) is 7.44. The number of benzene rings is 1. The zero-order valence-electron chi connectivity index (χ0n) is 9.99. The normalized spacial score (nSPS) is 25.7. The maximum atomic E-state index is 10.5. The summed E-state index contributed by atoms with van der Waals surface area (Å²) in [5, 5.41) is 19.3. The molecule has 0 saturated carbocycles. The molecular formula is C15H15NO2. The van der Waals surface area contributed by atoms with Crippen LogP contribution in [0, 0.1) is 17.2 Å². The molecule has 3 nitrogen and oxygen atoms in total. The molecule has 2 rings (SSSR count). The van der Waals surface area contributed by atoms with Gasteiger partial charge in [-0.25, -0.2) is 0 Å². The van der Waals surface area contributed by atoms with Crippen molar-refractivity contribution in [2.75, 3.05) is 6.61 Å². The minimum absolute atomic E-state index is 0.143. The Bertz CT molecular complexity index is 487. The van der Waals surface area contributed by atoms with Gasteiger partial charge in [-0.3, -0.25) is 0 Å². The van der Waals surface area contributed by atoms with Crippen LogP contribution in [0.3, 0.4) is 0 Å². The Morgan fingerprint density at radius 1 is 1.28 bits per heavy atom. The standard InChI is InChI=1S/C15H15NO2/c16-11-9-13-6-4-5-10-15(13,17)12-18-14-7-2-1-3-8-14/h1-8,10,13,17H,9,12H2. The van der Waals surface area contributed by atoms with Gasteiger partial charge in [0.2, 0.25) is 0 Å². The molecule has 1 N–H and O–H groups in total. The van der Waals surface area contributed by atoms with Gasteiger partial charge in [0.15, 0.2) is 0 Å². The summed E-state index contributed by atoms with van der Waals surface area (Å²) in [5.41, 5.74) is -1.11. The average Bonchev–Trinajstić information content (AvgIpc) is 2.41. The predicted molar refractivity (Wildman–Crippen MR) is 68.9 cm³/mol. The molecule has 0 bridgehead atoms. The van der Waals surface area contributed by atoms with Crippen molar-refractivity contribution in [3.05, 3.63) is 54.6 Å². The summed E-state index contributed by atoms with van der Waals surface area (Å²) < 4.78 is 5.58. The number of ether oxygens (including phenoxy) is 1. The SMILES string of the molecule is N#CCC1C=CC=CC1(O)COc1ccccc1. The lowest BCUT2D eigenvalue weighted by Crippen LogP contribution is -2.42. The minimum atomic E-state index is -1.11. The summed E-state index contributed by atoms with van der Waals surface area (Å²) in [7, 11) is 0. The summed E-state index contributed by atoms with van der Waals surface area (Å²) >= 11 is 0. The molecule has 0 fully saturated rings. The quantitative estimate of drug-likeness (QED) is 0.881. The van der Waals surface area contributed by atoms with E-state index in [9.17, 15) is 5.11 Å². The van der Waals surface area contributed by atoms with Crippen molar-refractivity contribution in [2.45, 2.75) is 12.0 Å². The molecule has 0 radical (unpaired) electrons. The highest BCUT2D eigenvalue weighted by Crippen LogP contribution is 2.28. The van der Waals surface area contributed by atoms with Gasteiger partial charge in [-0.15, -0.1) is 0 Å². The van der Waals surface area contributed by atoms with Gasteiger partial charge >= 0.3 is 0 Å². The molecule has 0 heterocycles. The summed E-state index contributed by atoms with van der Waals surface area (Å²) in [4.78, 5) is 0. The average molecular weight is 241 g/mol. The van der Waals surface area contributed by atoms with Crippen LogP contribution in [0.15, 0.2) is 54.6 Å². The van der Waals surface area contributed by atoms with E-state index in [0.29, 0.717) is 5.75 Å². The molecular weight excluding hydrogens is 226 g/mol. The Morgan fingerprint density at radius 3 is 2.78 bits per heavy atom. The van der Waals surface area contributed by atoms with Crippen LogP contribution in [-0.2, 0) is 0 Å². The van der Waals surface area contributed by atoms with Gasteiger partial charge in [-0.05, 0) is 18.2 Å². The van der Waals surface area contributed by atoms with E-state index >= 15 is 0 Å². The van der Waals surface area contributed by atoms with Crippen molar-refractivity contribution in [2.24, 2.45) is 5.92 Å². The molecule has 1 aliphatic rings. The van der Waals surface area contributed by atoms with Crippen molar-refractivity contribution in [1.29, 1.82) is 5.26 Å². The van der Waals surface area contributed by atoms with Crippen LogP contribution in [0.25, 0.3) is 0 Å². The zero-order valence-corrected chi connectivity index (χ0v) is 9.99. The third-order valence-corrected chi connectivity index (χ3v) is 3.01. The lowest BCUT2D eigenvalue weighted by molar-refractivity contribution is 0.00308. The Kier molecular flexibility index (Phi) is 3.81. The topological polar surface area (TPSA) is 53.2 Å². The number of rotatable bonds is 4. The lowest BCUT2D eigenvalue weighted by Gasteiger charge is -2.32. The third kappa shape index (κ3) is 2.79. The van der Waals surface area contributed by atoms with Gasteiger partial charge in [0, 0.05) is 12.3 Å². The second-order valence-corrected chi connectivity index (χ2v) is 4.31. The second-order valence-electron chi connectivity index (χ2n) is 4.31. The molecule has 0 saturated heterocycles. The molecule has 0 amide bonds. The fourth-order valence-corrected chi connectivity index (χ4v) is 1.92. The van der Waals surface area contributed by atoms with Crippen molar-refractivity contribution >= 4 is 0 Å². The van der Waals surface area contributed by atoms with Crippen molar-refractivity contribution in [3.63, 3.8) is 0 Å².